The van der Waals surface area contributed by atoms with Crippen molar-refractivity contribution in [3.63, 3.8) is 0 Å². The largest absolute Gasteiger partial charge is 0.491 e. The summed E-state index contributed by atoms with van der Waals surface area (Å²) in [6, 6.07) is 6.93. The van der Waals surface area contributed by atoms with Crippen LogP contribution in [0.15, 0.2) is 24.3 Å². The Kier molecular flexibility index (Phi) is 4.81. The predicted octanol–water partition coefficient (Wildman–Crippen LogP) is 2.60. The monoisotopic (exact) mass is 288 g/mol. The summed E-state index contributed by atoms with van der Waals surface area (Å²) in [4.78, 5) is 12.3. The number of carbonyl (C=O) groups is 1. The van der Waals surface area contributed by atoms with Crippen LogP contribution in [0.4, 0.5) is 11.5 Å². The van der Waals surface area contributed by atoms with Crippen LogP contribution < -0.4 is 15.8 Å². The van der Waals surface area contributed by atoms with Crippen LogP contribution in [0.2, 0.25) is 0 Å². The summed E-state index contributed by atoms with van der Waals surface area (Å²) in [7, 11) is 0. The molecule has 2 rings (SSSR count). The molecule has 0 atom stereocenters. The number of H-pyrrole nitrogens is 1. The molecule has 0 saturated carbocycles. The molecule has 0 spiro atoms. The number of aromatic amines is 1. The Morgan fingerprint density at radius 2 is 2.24 bits per heavy atom. The second-order valence-corrected chi connectivity index (χ2v) is 4.64. The van der Waals surface area contributed by atoms with E-state index in [2.05, 4.69) is 22.4 Å². The first-order valence-electron chi connectivity index (χ1n) is 7.02. The highest BCUT2D eigenvalue weighted by Gasteiger charge is 2.16. The number of ether oxygens (including phenoxy) is 1. The van der Waals surface area contributed by atoms with Crippen LogP contribution in [0.3, 0.4) is 0 Å². The number of nitrogen functional groups attached to an aromatic ring is 1. The van der Waals surface area contributed by atoms with Gasteiger partial charge in [-0.25, -0.2) is 0 Å². The predicted molar refractivity (Wildman–Crippen MR) is 82.6 cm³/mol. The van der Waals surface area contributed by atoms with Crippen molar-refractivity contribution in [1.29, 1.82) is 0 Å². The van der Waals surface area contributed by atoms with E-state index < -0.39 is 0 Å². The van der Waals surface area contributed by atoms with Gasteiger partial charge in [-0.2, -0.15) is 5.10 Å². The maximum atomic E-state index is 12.3. The zero-order chi connectivity index (χ0) is 15.2. The number of benzene rings is 1. The number of rotatable bonds is 6. The highest BCUT2D eigenvalue weighted by molar-refractivity contribution is 6.06. The quantitative estimate of drug-likeness (QED) is 0.712. The minimum atomic E-state index is -0.291. The number of hydrogen-bond acceptors (Lipinski definition) is 4. The number of hydrogen-bond donors (Lipinski definition) is 3. The summed E-state index contributed by atoms with van der Waals surface area (Å²) in [5.41, 5.74) is 7.69. The molecular formula is C15H20N4O2. The van der Waals surface area contributed by atoms with Crippen molar-refractivity contribution in [3.05, 3.63) is 35.5 Å². The Labute approximate surface area is 123 Å². The van der Waals surface area contributed by atoms with Gasteiger partial charge < -0.3 is 15.8 Å². The summed E-state index contributed by atoms with van der Waals surface area (Å²) in [6.45, 7) is 4.37. The van der Waals surface area contributed by atoms with Crippen molar-refractivity contribution in [2.24, 2.45) is 0 Å². The highest BCUT2D eigenvalue weighted by atomic mass is 16.5. The van der Waals surface area contributed by atoms with Crippen LogP contribution in [-0.4, -0.2) is 22.7 Å². The average molecular weight is 288 g/mol. The van der Waals surface area contributed by atoms with Gasteiger partial charge in [0.05, 0.1) is 17.9 Å². The Morgan fingerprint density at radius 1 is 1.43 bits per heavy atom. The molecule has 0 aliphatic heterocycles. The molecule has 0 aliphatic rings. The van der Waals surface area contributed by atoms with E-state index in [1.54, 1.807) is 18.2 Å². The number of amides is 1. The standard InChI is InChI=1S/C15H20N4O2/c1-3-6-10-9-13(19-18-10)17-15(20)11-7-5-8-12(16)14(11)21-4-2/h5,7-9H,3-4,6,16H2,1-2H3,(H2,17,18,19,20). The van der Waals surface area contributed by atoms with Gasteiger partial charge in [-0.05, 0) is 25.5 Å². The lowest BCUT2D eigenvalue weighted by Crippen LogP contribution is -2.14. The van der Waals surface area contributed by atoms with Crippen molar-refractivity contribution < 1.29 is 9.53 Å². The van der Waals surface area contributed by atoms with Crippen LogP contribution in [0.5, 0.6) is 5.75 Å². The van der Waals surface area contributed by atoms with Gasteiger partial charge in [0, 0.05) is 11.8 Å². The van der Waals surface area contributed by atoms with Crippen molar-refractivity contribution in [2.45, 2.75) is 26.7 Å². The van der Waals surface area contributed by atoms with Crippen LogP contribution in [0, 0.1) is 0 Å². The van der Waals surface area contributed by atoms with E-state index >= 15 is 0 Å². The van der Waals surface area contributed by atoms with Crippen LogP contribution in [-0.2, 0) is 6.42 Å². The first-order valence-corrected chi connectivity index (χ1v) is 7.02. The van der Waals surface area contributed by atoms with E-state index in [0.29, 0.717) is 29.4 Å². The number of aryl methyl sites for hydroxylation is 1. The summed E-state index contributed by atoms with van der Waals surface area (Å²) in [5, 5.41) is 9.71. The number of nitrogens with two attached hydrogens (primary N) is 1. The van der Waals surface area contributed by atoms with Gasteiger partial charge in [0.15, 0.2) is 11.6 Å². The van der Waals surface area contributed by atoms with Gasteiger partial charge in [0.2, 0.25) is 0 Å². The Hall–Kier alpha value is -2.50. The fourth-order valence-electron chi connectivity index (χ4n) is 2.05. The maximum absolute atomic E-state index is 12.3. The van der Waals surface area contributed by atoms with Gasteiger partial charge in [-0.1, -0.05) is 19.4 Å². The number of para-hydroxylation sites is 1. The minimum absolute atomic E-state index is 0.291. The second kappa shape index (κ2) is 6.78. The molecule has 1 aromatic heterocycles. The summed E-state index contributed by atoms with van der Waals surface area (Å²) in [6.07, 6.45) is 1.91. The van der Waals surface area contributed by atoms with Crippen LogP contribution in [0.25, 0.3) is 0 Å². The smallest absolute Gasteiger partial charge is 0.260 e. The first kappa shape index (κ1) is 14.9. The van der Waals surface area contributed by atoms with E-state index in [1.807, 2.05) is 13.0 Å². The van der Waals surface area contributed by atoms with Gasteiger partial charge in [0.25, 0.3) is 5.91 Å². The zero-order valence-electron chi connectivity index (χ0n) is 12.3. The van der Waals surface area contributed by atoms with Gasteiger partial charge in [0.1, 0.15) is 0 Å². The van der Waals surface area contributed by atoms with E-state index in [9.17, 15) is 4.79 Å². The molecule has 1 aromatic carbocycles. The molecule has 0 aliphatic carbocycles. The van der Waals surface area contributed by atoms with E-state index in [-0.39, 0.29) is 5.91 Å². The van der Waals surface area contributed by atoms with Gasteiger partial charge in [-0.3, -0.25) is 9.89 Å². The molecular weight excluding hydrogens is 268 g/mol. The molecule has 4 N–H and O–H groups in total. The molecule has 112 valence electrons. The molecule has 1 amide bonds. The normalized spacial score (nSPS) is 10.4. The van der Waals surface area contributed by atoms with Crippen molar-refractivity contribution in [3.8, 4) is 5.75 Å². The third-order valence-electron chi connectivity index (χ3n) is 2.97. The number of nitrogens with zero attached hydrogens (tertiary/aromatic N) is 1. The third-order valence-corrected chi connectivity index (χ3v) is 2.97. The van der Waals surface area contributed by atoms with Gasteiger partial charge in [-0.15, -0.1) is 0 Å². The summed E-state index contributed by atoms with van der Waals surface area (Å²) >= 11 is 0. The zero-order valence-corrected chi connectivity index (χ0v) is 12.3. The van der Waals surface area contributed by atoms with Gasteiger partial charge >= 0.3 is 0 Å². The molecule has 1 heterocycles. The van der Waals surface area contributed by atoms with Crippen LogP contribution in [0.1, 0.15) is 36.3 Å². The van der Waals surface area contributed by atoms with Crippen LogP contribution >= 0.6 is 0 Å². The maximum Gasteiger partial charge on any atom is 0.260 e. The molecule has 0 bridgehead atoms. The average Bonchev–Trinajstić information content (AvgIpc) is 2.89. The number of anilines is 2. The molecule has 0 fully saturated rings. The SMILES string of the molecule is CCCc1cc(NC(=O)c2cccc(N)c2OCC)n[nH]1. The lowest BCUT2D eigenvalue weighted by atomic mass is 10.1. The summed E-state index contributed by atoms with van der Waals surface area (Å²) < 4.78 is 5.46. The minimum Gasteiger partial charge on any atom is -0.491 e. The Balaban J connectivity index is 2.17. The van der Waals surface area contributed by atoms with Crippen molar-refractivity contribution >= 4 is 17.4 Å². The summed E-state index contributed by atoms with van der Waals surface area (Å²) in [5.74, 6) is 0.607. The number of nitrogens with one attached hydrogen (secondary N) is 2. The van der Waals surface area contributed by atoms with E-state index in [4.69, 9.17) is 10.5 Å². The lowest BCUT2D eigenvalue weighted by molar-refractivity contribution is 0.102. The second-order valence-electron chi connectivity index (χ2n) is 4.64. The van der Waals surface area contributed by atoms with Crippen molar-refractivity contribution in [1.82, 2.24) is 10.2 Å². The molecule has 6 nitrogen and oxygen atoms in total. The lowest BCUT2D eigenvalue weighted by Gasteiger charge is -2.11. The number of carbonyl (C=O) groups excluding carboxylic acids is 1. The Morgan fingerprint density at radius 3 is 2.95 bits per heavy atom. The third kappa shape index (κ3) is 3.53. The Bertz CT molecular complexity index is 622. The molecule has 0 unspecified atom stereocenters. The first-order chi connectivity index (χ1) is 10.2. The topological polar surface area (TPSA) is 93.0 Å². The fraction of sp³-hybridized carbons (Fsp3) is 0.333. The fourth-order valence-corrected chi connectivity index (χ4v) is 2.05. The van der Waals surface area contributed by atoms with E-state index in [1.165, 1.54) is 0 Å². The van der Waals surface area contributed by atoms with Crippen molar-refractivity contribution in [2.75, 3.05) is 17.7 Å². The van der Waals surface area contributed by atoms with E-state index in [0.717, 1.165) is 18.5 Å². The number of aromatic nitrogens is 2. The molecule has 6 heteroatoms. The molecule has 0 radical (unpaired) electrons. The molecule has 0 saturated heterocycles. The molecule has 21 heavy (non-hydrogen) atoms. The molecule has 2 aromatic rings. The highest BCUT2D eigenvalue weighted by Crippen LogP contribution is 2.27.